The van der Waals surface area contributed by atoms with Crippen molar-refractivity contribution < 1.29 is 0 Å². The van der Waals surface area contributed by atoms with Crippen LogP contribution >= 0.6 is 11.8 Å². The van der Waals surface area contributed by atoms with Gasteiger partial charge in [0, 0.05) is 22.0 Å². The number of nitrogens with zero attached hydrogens (tertiary/aromatic N) is 1. The molecule has 0 radical (unpaired) electrons. The zero-order valence-electron chi connectivity index (χ0n) is 21.9. The van der Waals surface area contributed by atoms with Crippen LogP contribution in [0.25, 0.3) is 27.8 Å². The van der Waals surface area contributed by atoms with E-state index < -0.39 is 0 Å². The predicted molar refractivity (Wildman–Crippen MR) is 170 cm³/mol. The fourth-order valence-corrected chi connectivity index (χ4v) is 5.64. The van der Waals surface area contributed by atoms with Crippen molar-refractivity contribution in [3.8, 4) is 22.3 Å². The first kappa shape index (κ1) is 24.8. The molecule has 188 valence electrons. The molecule has 0 fully saturated rings. The summed E-state index contributed by atoms with van der Waals surface area (Å²) in [7, 11) is 0. The Labute approximate surface area is 235 Å². The highest BCUT2D eigenvalue weighted by atomic mass is 32.2. The maximum atomic E-state index is 4.28. The zero-order valence-corrected chi connectivity index (χ0v) is 22.7. The Kier molecular flexibility index (Phi) is 7.03. The number of para-hydroxylation sites is 1. The minimum atomic E-state index is 1.03. The average Bonchev–Trinajstić information content (AvgIpc) is 2.98. The number of rotatable bonds is 5. The van der Waals surface area contributed by atoms with Gasteiger partial charge < -0.3 is 4.90 Å². The highest BCUT2D eigenvalue weighted by Gasteiger charge is 2.14. The fourth-order valence-electron chi connectivity index (χ4n) is 4.86. The molecule has 0 amide bonds. The van der Waals surface area contributed by atoms with Crippen LogP contribution in [0.3, 0.4) is 0 Å². The number of hydrogen-bond acceptors (Lipinski definition) is 2. The van der Waals surface area contributed by atoms with Gasteiger partial charge >= 0.3 is 0 Å². The van der Waals surface area contributed by atoms with Crippen LogP contribution in [0, 0.1) is 6.92 Å². The average molecular weight is 520 g/mol. The molecule has 0 saturated heterocycles. The first-order valence-electron chi connectivity index (χ1n) is 13.1. The van der Waals surface area contributed by atoms with E-state index in [2.05, 4.69) is 157 Å². The van der Waals surface area contributed by atoms with E-state index in [1.807, 2.05) is 6.08 Å². The molecule has 0 unspecified atom stereocenters. The molecular formula is C37H29NS. The quantitative estimate of drug-likeness (QED) is 0.227. The van der Waals surface area contributed by atoms with Crippen LogP contribution in [0.5, 0.6) is 0 Å². The molecule has 1 aliphatic rings. The van der Waals surface area contributed by atoms with E-state index in [9.17, 15) is 0 Å². The van der Waals surface area contributed by atoms with Crippen molar-refractivity contribution >= 4 is 34.4 Å². The molecule has 39 heavy (non-hydrogen) atoms. The largest absolute Gasteiger partial charge is 0.311 e. The summed E-state index contributed by atoms with van der Waals surface area (Å²) in [6.07, 6.45) is 6.18. The van der Waals surface area contributed by atoms with Crippen molar-refractivity contribution in [3.05, 3.63) is 163 Å². The van der Waals surface area contributed by atoms with Crippen LogP contribution in [0.15, 0.2) is 156 Å². The minimum Gasteiger partial charge on any atom is -0.311 e. The summed E-state index contributed by atoms with van der Waals surface area (Å²) in [6.45, 7) is 6.40. The summed E-state index contributed by atoms with van der Waals surface area (Å²) in [5, 5.41) is 2.11. The van der Waals surface area contributed by atoms with Gasteiger partial charge in [0.1, 0.15) is 0 Å². The van der Waals surface area contributed by atoms with Crippen LogP contribution in [0.1, 0.15) is 11.1 Å². The van der Waals surface area contributed by atoms with Gasteiger partial charge in [0.15, 0.2) is 0 Å². The maximum Gasteiger partial charge on any atom is 0.0462 e. The van der Waals surface area contributed by atoms with E-state index in [-0.39, 0.29) is 0 Å². The Bertz CT molecular complexity index is 1660. The molecule has 2 heteroatoms. The lowest BCUT2D eigenvalue weighted by Gasteiger charge is -2.26. The van der Waals surface area contributed by atoms with E-state index in [1.165, 1.54) is 38.3 Å². The molecule has 0 spiro atoms. The Morgan fingerprint density at radius 3 is 1.74 bits per heavy atom. The molecule has 0 atom stereocenters. The Balaban J connectivity index is 1.34. The van der Waals surface area contributed by atoms with Crippen molar-refractivity contribution in [1.29, 1.82) is 0 Å². The maximum absolute atomic E-state index is 4.28. The van der Waals surface area contributed by atoms with E-state index in [1.54, 1.807) is 11.8 Å². The standard InChI is InChI=1S/C37H29NS/c1-27-11-13-29(14-12-27)30-15-20-34(21-16-30)38(33-9-4-3-5-10-33)35-22-17-31(18-23-35)32-19-24-37-36(26-32)28(2)8-6-7-25-39-37/h3-26H,2H2,1H3/b8-6-,25-7-. The van der Waals surface area contributed by atoms with E-state index >= 15 is 0 Å². The molecule has 1 nitrogen and oxygen atoms in total. The molecule has 0 saturated carbocycles. The van der Waals surface area contributed by atoms with Crippen molar-refractivity contribution in [2.45, 2.75) is 11.8 Å². The topological polar surface area (TPSA) is 3.24 Å². The lowest BCUT2D eigenvalue weighted by atomic mass is 9.99. The number of allylic oxidation sites excluding steroid dienone is 4. The summed E-state index contributed by atoms with van der Waals surface area (Å²) < 4.78 is 0. The number of hydrogen-bond donors (Lipinski definition) is 0. The normalized spacial score (nSPS) is 14.1. The van der Waals surface area contributed by atoms with Crippen LogP contribution < -0.4 is 4.90 Å². The first-order chi connectivity index (χ1) is 19.2. The third-order valence-electron chi connectivity index (χ3n) is 6.99. The smallest absolute Gasteiger partial charge is 0.0462 e. The highest BCUT2D eigenvalue weighted by Crippen LogP contribution is 2.38. The van der Waals surface area contributed by atoms with Crippen LogP contribution in [-0.4, -0.2) is 0 Å². The summed E-state index contributed by atoms with van der Waals surface area (Å²) in [5.74, 6) is 0. The summed E-state index contributed by atoms with van der Waals surface area (Å²) in [6, 6.07) is 43.5. The van der Waals surface area contributed by atoms with Crippen LogP contribution in [-0.2, 0) is 0 Å². The number of thioether (sulfide) groups is 1. The lowest BCUT2D eigenvalue weighted by molar-refractivity contribution is 1.28. The van der Waals surface area contributed by atoms with Gasteiger partial charge in [-0.05, 0) is 94.3 Å². The summed E-state index contributed by atoms with van der Waals surface area (Å²) in [5.41, 5.74) is 11.7. The number of fused-ring (bicyclic) bond motifs is 1. The van der Waals surface area contributed by atoms with Gasteiger partial charge in [-0.15, -0.1) is 0 Å². The molecule has 0 bridgehead atoms. The van der Waals surface area contributed by atoms with Gasteiger partial charge in [-0.2, -0.15) is 0 Å². The molecule has 0 N–H and O–H groups in total. The highest BCUT2D eigenvalue weighted by molar-refractivity contribution is 8.02. The number of aryl methyl sites for hydroxylation is 1. The second kappa shape index (κ2) is 11.1. The van der Waals surface area contributed by atoms with Gasteiger partial charge in [0.2, 0.25) is 0 Å². The molecule has 6 rings (SSSR count). The van der Waals surface area contributed by atoms with E-state index in [0.717, 1.165) is 22.6 Å². The molecular weight excluding hydrogens is 490 g/mol. The molecule has 5 aromatic rings. The third kappa shape index (κ3) is 5.38. The van der Waals surface area contributed by atoms with Gasteiger partial charge in [-0.3, -0.25) is 0 Å². The van der Waals surface area contributed by atoms with Crippen molar-refractivity contribution in [2.24, 2.45) is 0 Å². The Morgan fingerprint density at radius 1 is 0.564 bits per heavy atom. The van der Waals surface area contributed by atoms with E-state index in [0.29, 0.717) is 0 Å². The third-order valence-corrected chi connectivity index (χ3v) is 7.89. The molecule has 5 aromatic carbocycles. The lowest BCUT2D eigenvalue weighted by Crippen LogP contribution is -2.09. The van der Waals surface area contributed by atoms with Crippen molar-refractivity contribution in [2.75, 3.05) is 4.90 Å². The summed E-state index contributed by atoms with van der Waals surface area (Å²) >= 11 is 1.73. The molecule has 0 aliphatic carbocycles. The van der Waals surface area contributed by atoms with E-state index in [4.69, 9.17) is 0 Å². The SMILES string of the molecule is C=C1/C=C\C=C/Sc2ccc(-c3ccc(N(c4ccccc4)c4ccc(-c5ccc(C)cc5)cc4)cc3)cc21. The molecule has 1 heterocycles. The van der Waals surface area contributed by atoms with Gasteiger partial charge in [0.25, 0.3) is 0 Å². The van der Waals surface area contributed by atoms with Crippen molar-refractivity contribution in [1.82, 2.24) is 0 Å². The van der Waals surface area contributed by atoms with Gasteiger partial charge in [-0.25, -0.2) is 0 Å². The van der Waals surface area contributed by atoms with Crippen molar-refractivity contribution in [3.63, 3.8) is 0 Å². The molecule has 1 aliphatic heterocycles. The van der Waals surface area contributed by atoms with Crippen LogP contribution in [0.4, 0.5) is 17.1 Å². The number of benzene rings is 5. The first-order valence-corrected chi connectivity index (χ1v) is 14.0. The Hall–Kier alpha value is -4.53. The molecule has 0 aromatic heterocycles. The fraction of sp³-hybridized carbons (Fsp3) is 0.0270. The second-order valence-corrected chi connectivity index (χ2v) is 10.6. The summed E-state index contributed by atoms with van der Waals surface area (Å²) in [4.78, 5) is 3.53. The zero-order chi connectivity index (χ0) is 26.6. The monoisotopic (exact) mass is 519 g/mol. The van der Waals surface area contributed by atoms with Gasteiger partial charge in [0.05, 0.1) is 0 Å². The predicted octanol–water partition coefficient (Wildman–Crippen LogP) is 11.0. The van der Waals surface area contributed by atoms with Gasteiger partial charge in [-0.1, -0.05) is 115 Å². The minimum absolute atomic E-state index is 1.03. The van der Waals surface area contributed by atoms with Crippen LogP contribution in [0.2, 0.25) is 0 Å². The Morgan fingerprint density at radius 2 is 1.10 bits per heavy atom. The number of anilines is 3. The second-order valence-electron chi connectivity index (χ2n) is 9.67.